The van der Waals surface area contributed by atoms with Crippen molar-refractivity contribution in [3.8, 4) is 44.5 Å². The predicted molar refractivity (Wildman–Crippen MR) is 438 cm³/mol. The molecule has 2 heteroatoms. The molecule has 0 saturated carbocycles. The van der Waals surface area contributed by atoms with Gasteiger partial charge in [-0.1, -0.05) is 343 Å². The van der Waals surface area contributed by atoms with Crippen LogP contribution in [0.5, 0.6) is 0 Å². The van der Waals surface area contributed by atoms with E-state index in [1.54, 1.807) is 0 Å². The minimum atomic E-state index is -0.230. The van der Waals surface area contributed by atoms with Crippen LogP contribution < -0.4 is 9.80 Å². The summed E-state index contributed by atoms with van der Waals surface area (Å²) in [5.41, 5.74) is 26.6. The first-order chi connectivity index (χ1) is 50.1. The number of fused-ring (bicyclic) bond motifs is 14. The topological polar surface area (TPSA) is 6.48 Å². The Labute approximate surface area is 596 Å². The van der Waals surface area contributed by atoms with Gasteiger partial charge < -0.3 is 9.80 Å². The highest BCUT2D eigenvalue weighted by Gasteiger charge is 2.38. The standard InChI is InChI=1S/C100H72N2/c1-99(2)91-59-67(43-55-85(91)87-57-53-77(63-93(87)99)101(95-33-17-23-73-19-5-11-27-81(73)95)97-61-75-21-7-9-25-79(75)83-29-13-15-31-89(83)97)37-35-65-39-45-69(46-40-65)71-49-51-72(52-50-71)70-47-41-66(42-48-70)36-38-68-44-56-86-88-58-54-78(64-94(88)100(3,4)92(86)60-68)102(96-34-18-24-74-20-6-12-28-82(74)96)98-62-76-22-8-10-26-80(76)84-30-14-16-32-90(84)98/h5-64H,1-4H3. The number of hydrogen-bond donors (Lipinski definition) is 0. The molecule has 2 nitrogen and oxygen atoms in total. The zero-order chi connectivity index (χ0) is 68.2. The Kier molecular flexibility index (Phi) is 14.3. The van der Waals surface area contributed by atoms with Crippen molar-refractivity contribution in [2.45, 2.75) is 38.5 Å². The molecule has 0 spiro atoms. The molecule has 0 aliphatic heterocycles. The number of nitrogens with zero attached hydrogens (tertiary/aromatic N) is 2. The molecule has 102 heavy (non-hydrogen) atoms. The minimum Gasteiger partial charge on any atom is -0.309 e. The second-order valence-corrected chi connectivity index (χ2v) is 28.8. The maximum atomic E-state index is 2.50. The van der Waals surface area contributed by atoms with E-state index >= 15 is 0 Å². The fourth-order valence-electron chi connectivity index (χ4n) is 16.8. The van der Waals surface area contributed by atoms with Crippen LogP contribution in [0.3, 0.4) is 0 Å². The lowest BCUT2D eigenvalue weighted by atomic mass is 9.81. The van der Waals surface area contributed by atoms with Crippen LogP contribution in [0.1, 0.15) is 72.2 Å². The Morgan fingerprint density at radius 2 is 0.490 bits per heavy atom. The van der Waals surface area contributed by atoms with Crippen LogP contribution in [-0.2, 0) is 10.8 Å². The van der Waals surface area contributed by atoms with Crippen molar-refractivity contribution in [1.29, 1.82) is 0 Å². The van der Waals surface area contributed by atoms with Crippen molar-refractivity contribution in [2.75, 3.05) is 9.80 Å². The molecule has 0 unspecified atom stereocenters. The van der Waals surface area contributed by atoms with E-state index in [1.165, 1.54) is 165 Å². The van der Waals surface area contributed by atoms with E-state index in [9.17, 15) is 0 Å². The quantitative estimate of drug-likeness (QED) is 0.0889. The summed E-state index contributed by atoms with van der Waals surface area (Å²) in [6.45, 7) is 9.56. The first-order valence-corrected chi connectivity index (χ1v) is 35.7. The lowest BCUT2D eigenvalue weighted by Gasteiger charge is -2.30. The summed E-state index contributed by atoms with van der Waals surface area (Å²) >= 11 is 0. The minimum absolute atomic E-state index is 0.230. The number of hydrogen-bond acceptors (Lipinski definition) is 2. The predicted octanol–water partition coefficient (Wildman–Crippen LogP) is 27.8. The van der Waals surface area contributed by atoms with E-state index in [1.807, 2.05) is 0 Å². The zero-order valence-electron chi connectivity index (χ0n) is 57.5. The molecular formula is C100H72N2. The largest absolute Gasteiger partial charge is 0.309 e. The first-order valence-electron chi connectivity index (χ1n) is 35.7. The Morgan fingerprint density at radius 3 is 0.882 bits per heavy atom. The first kappa shape index (κ1) is 60.5. The van der Waals surface area contributed by atoms with Crippen molar-refractivity contribution in [1.82, 2.24) is 0 Å². The van der Waals surface area contributed by atoms with Crippen molar-refractivity contribution < 1.29 is 0 Å². The van der Waals surface area contributed by atoms with Crippen LogP contribution in [0, 0.1) is 0 Å². The Morgan fingerprint density at radius 1 is 0.206 bits per heavy atom. The highest BCUT2D eigenvalue weighted by molar-refractivity contribution is 6.17. The SMILES string of the molecule is CC1(C)c2cc(C=Cc3ccc(-c4ccc(-c5ccc(C=Cc6ccc7c(c6)C(C)(C)c6cc(N(c8cccc9ccccc89)c8cc9ccccc9c9ccccc89)ccc6-7)cc5)cc4)cc3)ccc2-c2ccc(N(c3cccc4ccccc34)c3cc4ccccc4c4ccccc34)cc21. The molecule has 0 amide bonds. The van der Waals surface area contributed by atoms with Gasteiger partial charge in [-0.25, -0.2) is 0 Å². The Balaban J connectivity index is 0.539. The lowest BCUT2D eigenvalue weighted by molar-refractivity contribution is 0.660. The van der Waals surface area contributed by atoms with Crippen molar-refractivity contribution >= 4 is 123 Å². The fourth-order valence-corrected chi connectivity index (χ4v) is 16.8. The lowest BCUT2D eigenvalue weighted by Crippen LogP contribution is -2.17. The number of anilines is 6. The summed E-state index contributed by atoms with van der Waals surface area (Å²) in [6, 6.07) is 126. The monoisotopic (exact) mass is 1300 g/mol. The van der Waals surface area contributed by atoms with Crippen LogP contribution in [0.25, 0.3) is 133 Å². The van der Waals surface area contributed by atoms with E-state index in [-0.39, 0.29) is 10.8 Å². The molecule has 0 heterocycles. The van der Waals surface area contributed by atoms with E-state index < -0.39 is 0 Å². The summed E-state index contributed by atoms with van der Waals surface area (Å²) in [5.74, 6) is 0. The zero-order valence-corrected chi connectivity index (χ0v) is 57.5. The third-order valence-corrected chi connectivity index (χ3v) is 22.2. The van der Waals surface area contributed by atoms with Gasteiger partial charge in [0.15, 0.2) is 0 Å². The second-order valence-electron chi connectivity index (χ2n) is 28.8. The molecule has 0 saturated heterocycles. The molecule has 19 rings (SSSR count). The molecule has 482 valence electrons. The summed E-state index contributed by atoms with van der Waals surface area (Å²) in [4.78, 5) is 5.00. The molecule has 17 aromatic rings. The smallest absolute Gasteiger partial charge is 0.0546 e. The maximum Gasteiger partial charge on any atom is 0.0546 e. The molecule has 0 aromatic heterocycles. The van der Waals surface area contributed by atoms with Gasteiger partial charge >= 0.3 is 0 Å². The van der Waals surface area contributed by atoms with E-state index in [0.29, 0.717) is 0 Å². The number of benzene rings is 17. The van der Waals surface area contributed by atoms with Crippen molar-refractivity contribution in [3.05, 3.63) is 384 Å². The summed E-state index contributed by atoms with van der Waals surface area (Å²) in [6.07, 6.45) is 9.01. The molecule has 2 aliphatic carbocycles. The van der Waals surface area contributed by atoms with E-state index in [2.05, 4.69) is 402 Å². The fraction of sp³-hybridized carbons (Fsp3) is 0.0600. The van der Waals surface area contributed by atoms with Gasteiger partial charge in [-0.3, -0.25) is 0 Å². The Bertz CT molecular complexity index is 5910. The highest BCUT2D eigenvalue weighted by Crippen LogP contribution is 2.55. The van der Waals surface area contributed by atoms with Crippen LogP contribution in [0.4, 0.5) is 34.1 Å². The third kappa shape index (κ3) is 10.2. The average Bonchev–Trinajstić information content (AvgIpc) is 1.50. The second kappa shape index (κ2) is 24.1. The normalized spacial score (nSPS) is 13.4. The van der Waals surface area contributed by atoms with Crippen LogP contribution in [-0.4, -0.2) is 0 Å². The third-order valence-electron chi connectivity index (χ3n) is 22.2. The van der Waals surface area contributed by atoms with Gasteiger partial charge in [-0.05, 0) is 181 Å². The molecule has 2 aliphatic rings. The van der Waals surface area contributed by atoms with Crippen LogP contribution in [0.15, 0.2) is 340 Å². The van der Waals surface area contributed by atoms with Gasteiger partial charge in [0.2, 0.25) is 0 Å². The summed E-state index contributed by atoms with van der Waals surface area (Å²) < 4.78 is 0. The van der Waals surface area contributed by atoms with Gasteiger partial charge in [0.25, 0.3) is 0 Å². The highest BCUT2D eigenvalue weighted by atomic mass is 15.2. The molecule has 0 bridgehead atoms. The molecule has 0 atom stereocenters. The number of rotatable bonds is 12. The molecule has 0 fully saturated rings. The van der Waals surface area contributed by atoms with E-state index in [4.69, 9.17) is 0 Å². The van der Waals surface area contributed by atoms with Gasteiger partial charge in [-0.2, -0.15) is 0 Å². The molecule has 0 radical (unpaired) electrons. The molecule has 17 aromatic carbocycles. The van der Waals surface area contributed by atoms with Crippen molar-refractivity contribution in [3.63, 3.8) is 0 Å². The van der Waals surface area contributed by atoms with Gasteiger partial charge in [-0.15, -0.1) is 0 Å². The van der Waals surface area contributed by atoms with Gasteiger partial charge in [0.1, 0.15) is 0 Å². The molecule has 0 N–H and O–H groups in total. The van der Waals surface area contributed by atoms with Crippen LogP contribution >= 0.6 is 0 Å². The Hall–Kier alpha value is -12.6. The van der Waals surface area contributed by atoms with Gasteiger partial charge in [0.05, 0.1) is 22.7 Å². The van der Waals surface area contributed by atoms with Crippen LogP contribution in [0.2, 0.25) is 0 Å². The van der Waals surface area contributed by atoms with E-state index in [0.717, 1.165) is 22.7 Å². The summed E-state index contributed by atoms with van der Waals surface area (Å²) in [5, 5.41) is 14.8. The van der Waals surface area contributed by atoms with Gasteiger partial charge in [0, 0.05) is 43.7 Å². The maximum absolute atomic E-state index is 2.50. The van der Waals surface area contributed by atoms with Crippen molar-refractivity contribution in [2.24, 2.45) is 0 Å². The summed E-state index contributed by atoms with van der Waals surface area (Å²) in [7, 11) is 0. The molecular weight excluding hydrogens is 1230 g/mol. The average molecular weight is 1300 g/mol.